The van der Waals surface area contributed by atoms with Gasteiger partial charge in [-0.05, 0) is 110 Å². The van der Waals surface area contributed by atoms with Crippen LogP contribution in [0.15, 0.2) is 139 Å². The number of alkyl halides is 2. The van der Waals surface area contributed by atoms with Gasteiger partial charge in [-0.2, -0.15) is 0 Å². The predicted molar refractivity (Wildman–Crippen MR) is 272 cm³/mol. The van der Waals surface area contributed by atoms with E-state index in [2.05, 4.69) is 46.0 Å². The first-order chi connectivity index (χ1) is 34.1. The number of amides is 4. The fraction of sp³-hybridized carbons (Fsp3) is 0.255. The molecule has 1 fully saturated rings. The lowest BCUT2D eigenvalue weighted by molar-refractivity contribution is -0.673. The minimum atomic E-state index is -3.29. The van der Waals surface area contributed by atoms with Gasteiger partial charge in [0, 0.05) is 84.8 Å². The van der Waals surface area contributed by atoms with Gasteiger partial charge < -0.3 is 25.6 Å². The quantitative estimate of drug-likeness (QED) is 0.0504. The number of aryl methyl sites for hydroxylation is 1. The molecule has 4 aliphatic heterocycles. The number of anilines is 3. The summed E-state index contributed by atoms with van der Waals surface area (Å²) in [5, 5.41) is 10.9. The van der Waals surface area contributed by atoms with Crippen molar-refractivity contribution in [3.05, 3.63) is 161 Å². The maximum Gasteiger partial charge on any atom is 0.565 e. The molecule has 0 radical (unpaired) electrons. The molecule has 1 saturated heterocycles. The highest BCUT2D eigenvalue weighted by atomic mass is 32.1. The molecule has 4 aliphatic rings. The van der Waals surface area contributed by atoms with E-state index < -0.39 is 6.17 Å². The predicted octanol–water partition coefficient (Wildman–Crippen LogP) is 10.6. The molecular weight excluding hydrogens is 907 g/mol. The number of hydrogen-bond donors (Lipinski definition) is 3. The molecule has 0 saturated carbocycles. The minimum Gasteiger partial charge on any atom is -0.484 e. The van der Waals surface area contributed by atoms with Crippen LogP contribution in [0.25, 0.3) is 33.9 Å². The molecule has 0 spiro atoms. The largest absolute Gasteiger partial charge is 0.565 e. The highest BCUT2D eigenvalue weighted by Crippen LogP contribution is 2.41. The van der Waals surface area contributed by atoms with Crippen LogP contribution in [-0.2, 0) is 22.3 Å². The maximum absolute atomic E-state index is 15.9. The zero-order valence-electron chi connectivity index (χ0n) is 38.7. The van der Waals surface area contributed by atoms with Crippen LogP contribution in [0.5, 0.6) is 5.75 Å². The SMILES string of the molecule is Cc1cccc(-c2ccc3c(n2)N(C(=O)Nc2ccc(CNC(=O)CCCCCNC(=O)COc4ccc(/C=C/C5=[N+]6C(=Cc7cc(-c8cccs8)cn7C6(F)F)C=C5)cc4)cc2)[C@H]2CCCN3C2)c1. The van der Waals surface area contributed by atoms with Crippen LogP contribution in [0.3, 0.4) is 0 Å². The number of allylic oxidation sites excluding steroid dienone is 3. The number of ether oxygens (including phenoxy) is 1. The van der Waals surface area contributed by atoms with Crippen LogP contribution in [0.1, 0.15) is 60.9 Å². The fourth-order valence-electron chi connectivity index (χ4n) is 9.38. The maximum atomic E-state index is 15.9. The highest BCUT2D eigenvalue weighted by Gasteiger charge is 2.53. The summed E-state index contributed by atoms with van der Waals surface area (Å²) >= 11 is 1.51. The van der Waals surface area contributed by atoms with Gasteiger partial charge in [0.15, 0.2) is 12.4 Å². The second-order valence-corrected chi connectivity index (χ2v) is 18.9. The molecule has 7 heterocycles. The summed E-state index contributed by atoms with van der Waals surface area (Å²) < 4.78 is 39.4. The Morgan fingerprint density at radius 3 is 2.57 bits per heavy atom. The molecule has 3 aromatic heterocycles. The average molecular weight is 960 g/mol. The highest BCUT2D eigenvalue weighted by molar-refractivity contribution is 7.13. The van der Waals surface area contributed by atoms with Crippen molar-refractivity contribution in [1.82, 2.24) is 20.2 Å². The summed E-state index contributed by atoms with van der Waals surface area (Å²) in [6, 6.07) is 32.4. The third kappa shape index (κ3) is 10.1. The number of halogens is 2. The average Bonchev–Trinajstić information content (AvgIpc) is 4.16. The molecule has 3 aromatic carbocycles. The van der Waals surface area contributed by atoms with Gasteiger partial charge in [-0.1, -0.05) is 60.5 Å². The normalized spacial score (nSPS) is 16.4. The lowest BCUT2D eigenvalue weighted by atomic mass is 9.99. The molecule has 356 valence electrons. The molecule has 2 bridgehead atoms. The second-order valence-electron chi connectivity index (χ2n) is 17.9. The van der Waals surface area contributed by atoms with E-state index in [0.29, 0.717) is 60.3 Å². The Kier molecular flexibility index (Phi) is 13.3. The number of nitrogens with zero attached hydrogens (tertiary/aromatic N) is 5. The molecule has 10 rings (SSSR count). The second kappa shape index (κ2) is 20.1. The van der Waals surface area contributed by atoms with Crippen molar-refractivity contribution in [2.75, 3.05) is 41.4 Å². The lowest BCUT2D eigenvalue weighted by Gasteiger charge is -2.45. The molecule has 3 N–H and O–H groups in total. The number of hydrogen-bond acceptors (Lipinski definition) is 7. The number of piperidine rings is 1. The number of urea groups is 1. The Morgan fingerprint density at radius 1 is 0.900 bits per heavy atom. The van der Waals surface area contributed by atoms with E-state index in [9.17, 15) is 14.4 Å². The number of pyridine rings is 1. The van der Waals surface area contributed by atoms with Gasteiger partial charge in [0.2, 0.25) is 17.3 Å². The Labute approximate surface area is 409 Å². The molecular formula is C55H53F2N8O4S+. The van der Waals surface area contributed by atoms with E-state index in [1.807, 2.05) is 64.9 Å². The monoisotopic (exact) mass is 959 g/mol. The molecule has 4 amide bonds. The Balaban J connectivity index is 0.618. The number of fused-ring (bicyclic) bond motifs is 6. The molecule has 1 atom stereocenters. The van der Waals surface area contributed by atoms with E-state index in [1.54, 1.807) is 60.7 Å². The topological polar surface area (TPSA) is 124 Å². The first-order valence-electron chi connectivity index (χ1n) is 23.7. The van der Waals surface area contributed by atoms with Crippen LogP contribution in [0.2, 0.25) is 0 Å². The number of nitrogens with one attached hydrogen (secondary N) is 3. The van der Waals surface area contributed by atoms with Crippen molar-refractivity contribution in [3.63, 3.8) is 0 Å². The zero-order valence-corrected chi connectivity index (χ0v) is 39.6. The molecule has 0 unspecified atom stereocenters. The Morgan fingerprint density at radius 2 is 1.76 bits per heavy atom. The van der Waals surface area contributed by atoms with E-state index in [1.165, 1.54) is 17.5 Å². The first-order valence-corrected chi connectivity index (χ1v) is 24.6. The molecule has 0 aliphatic carbocycles. The van der Waals surface area contributed by atoms with Gasteiger partial charge in [-0.25, -0.2) is 14.3 Å². The fourth-order valence-corrected chi connectivity index (χ4v) is 10.1. The molecule has 12 nitrogen and oxygen atoms in total. The summed E-state index contributed by atoms with van der Waals surface area (Å²) in [7, 11) is 0. The van der Waals surface area contributed by atoms with Crippen LogP contribution in [-0.4, -0.2) is 70.0 Å². The number of rotatable bonds is 16. The van der Waals surface area contributed by atoms with Crippen LogP contribution in [0, 0.1) is 6.92 Å². The van der Waals surface area contributed by atoms with Gasteiger partial charge >= 0.3 is 12.2 Å². The van der Waals surface area contributed by atoms with E-state index >= 15 is 8.78 Å². The lowest BCUT2D eigenvalue weighted by Crippen LogP contribution is -2.56. The summed E-state index contributed by atoms with van der Waals surface area (Å²) in [6.07, 6.45) is 11.2. The van der Waals surface area contributed by atoms with Crippen LogP contribution >= 0.6 is 11.3 Å². The number of carbonyl (C=O) groups is 3. The van der Waals surface area contributed by atoms with Crippen molar-refractivity contribution in [2.45, 2.75) is 64.2 Å². The Bertz CT molecular complexity index is 3050. The third-order valence-corrected chi connectivity index (χ3v) is 13.9. The van der Waals surface area contributed by atoms with Gasteiger partial charge in [-0.3, -0.25) is 14.5 Å². The number of unbranched alkanes of at least 4 members (excludes halogenated alkanes) is 2. The minimum absolute atomic E-state index is 0.0248. The van der Waals surface area contributed by atoms with E-state index in [-0.39, 0.29) is 30.5 Å². The molecule has 6 aromatic rings. The van der Waals surface area contributed by atoms with Crippen molar-refractivity contribution in [3.8, 4) is 27.4 Å². The standard InChI is InChI=1S/C55H52F2N8O4S/c1-37-8-5-9-40(30-37)48-25-26-49-53(61-48)64(45-10-6-28-62(49)35-45)54(68)60-42-18-13-39(14-19-42)33-59-51(66)12-3-2-4-27-58-52(67)36-69-47-23-16-38(17-24-47)15-20-43-21-22-44-32-46-31-41(50-11-7-29-70-50)34-63(46)55(56,57)65(43)44/h5,7-9,11,13-26,29-32,34,45H,2-4,6,10,12,27-28,33,35-36H2,1H3,(H2-,58,59,60,66,67,68)/p+1/b20-15+/t45-/m0/s1. The number of thiophene rings is 1. The summed E-state index contributed by atoms with van der Waals surface area (Å²) in [4.78, 5) is 49.1. The van der Waals surface area contributed by atoms with Gasteiger partial charge in [-0.15, -0.1) is 24.7 Å². The first kappa shape index (κ1) is 46.1. The van der Waals surface area contributed by atoms with Gasteiger partial charge in [0.05, 0.1) is 23.1 Å². The molecule has 70 heavy (non-hydrogen) atoms. The summed E-state index contributed by atoms with van der Waals surface area (Å²) in [5.74, 6) is 0.885. The summed E-state index contributed by atoms with van der Waals surface area (Å²) in [5.41, 5.74) is 8.33. The van der Waals surface area contributed by atoms with E-state index in [4.69, 9.17) is 9.72 Å². The van der Waals surface area contributed by atoms with Gasteiger partial charge in [0.25, 0.3) is 5.91 Å². The molecule has 15 heteroatoms. The van der Waals surface area contributed by atoms with Crippen LogP contribution in [0.4, 0.5) is 30.8 Å². The smallest absolute Gasteiger partial charge is 0.484 e. The van der Waals surface area contributed by atoms with Crippen molar-refractivity contribution in [1.29, 1.82) is 0 Å². The number of benzene rings is 3. The Hall–Kier alpha value is -7.65. The van der Waals surface area contributed by atoms with Gasteiger partial charge in [0.1, 0.15) is 5.75 Å². The zero-order chi connectivity index (χ0) is 48.2. The van der Waals surface area contributed by atoms with Crippen LogP contribution < -0.4 is 30.5 Å². The number of carbonyl (C=O) groups excluding carboxylic acids is 3. The van der Waals surface area contributed by atoms with Crippen molar-refractivity contribution < 1.29 is 32.5 Å². The van der Waals surface area contributed by atoms with E-state index in [0.717, 1.165) is 92.0 Å². The van der Waals surface area contributed by atoms with Crippen molar-refractivity contribution in [2.24, 2.45) is 0 Å². The van der Waals surface area contributed by atoms with Crippen molar-refractivity contribution >= 4 is 64.2 Å². The summed E-state index contributed by atoms with van der Waals surface area (Å²) in [6.45, 7) is 4.47. The number of aromatic nitrogens is 2. The third-order valence-electron chi connectivity index (χ3n) is 13.0.